The van der Waals surface area contributed by atoms with Crippen LogP contribution >= 0.6 is 11.3 Å². The van der Waals surface area contributed by atoms with Gasteiger partial charge in [0.15, 0.2) is 10.8 Å². The van der Waals surface area contributed by atoms with E-state index >= 15 is 0 Å². The molecule has 0 bridgehead atoms. The van der Waals surface area contributed by atoms with Gasteiger partial charge in [0.1, 0.15) is 11.5 Å². The molecule has 1 amide bonds. The van der Waals surface area contributed by atoms with E-state index in [-0.39, 0.29) is 11.9 Å². The lowest BCUT2D eigenvalue weighted by atomic mass is 10.0. The molecule has 0 spiro atoms. The third kappa shape index (κ3) is 4.95. The molecule has 2 aromatic heterocycles. The first-order valence-electron chi connectivity index (χ1n) is 11.7. The lowest BCUT2D eigenvalue weighted by Gasteiger charge is -2.32. The van der Waals surface area contributed by atoms with Crippen LogP contribution in [0.1, 0.15) is 24.1 Å². The van der Waals surface area contributed by atoms with Crippen molar-refractivity contribution in [3.05, 3.63) is 59.8 Å². The number of carbonyl (C=O) groups excluding carboxylic acids is 1. The van der Waals surface area contributed by atoms with Crippen LogP contribution in [0.4, 0.5) is 5.13 Å². The topological polar surface area (TPSA) is 81.5 Å². The van der Waals surface area contributed by atoms with Crippen molar-refractivity contribution in [1.82, 2.24) is 20.1 Å². The van der Waals surface area contributed by atoms with E-state index in [1.165, 1.54) is 0 Å². The minimum absolute atomic E-state index is 0.0591. The Labute approximate surface area is 208 Å². The van der Waals surface area contributed by atoms with Crippen LogP contribution in [-0.2, 0) is 11.2 Å². The molecule has 182 valence electrons. The molecule has 1 aliphatic rings. The second-order valence-electron chi connectivity index (χ2n) is 8.70. The number of amides is 1. The number of hydrogen-bond acceptors (Lipinski definition) is 7. The number of methoxy groups -OCH3 is 2. The van der Waals surface area contributed by atoms with E-state index in [1.54, 1.807) is 25.6 Å². The maximum absolute atomic E-state index is 12.5. The van der Waals surface area contributed by atoms with Gasteiger partial charge < -0.3 is 19.7 Å². The highest BCUT2D eigenvalue weighted by atomic mass is 32.1. The zero-order valence-corrected chi connectivity index (χ0v) is 21.0. The van der Waals surface area contributed by atoms with E-state index in [9.17, 15) is 4.79 Å². The summed E-state index contributed by atoms with van der Waals surface area (Å²) in [4.78, 5) is 19.8. The number of carbonyl (C=O) groups is 1. The number of ether oxygens (including phenoxy) is 2. The summed E-state index contributed by atoms with van der Waals surface area (Å²) in [5.41, 5.74) is 3.79. The van der Waals surface area contributed by atoms with Crippen LogP contribution in [0.25, 0.3) is 16.0 Å². The van der Waals surface area contributed by atoms with Gasteiger partial charge in [-0.3, -0.25) is 4.79 Å². The number of nitrogens with zero attached hydrogens (tertiary/aromatic N) is 4. The Morgan fingerprint density at radius 2 is 1.66 bits per heavy atom. The van der Waals surface area contributed by atoms with E-state index in [0.717, 1.165) is 69.9 Å². The molecule has 1 aliphatic heterocycles. The molecule has 1 N–H and O–H groups in total. The highest BCUT2D eigenvalue weighted by molar-refractivity contribution is 7.22. The molecule has 4 aromatic rings. The molecule has 0 unspecified atom stereocenters. The monoisotopic (exact) mass is 491 g/mol. The van der Waals surface area contributed by atoms with Gasteiger partial charge in [0.25, 0.3) is 0 Å². The lowest BCUT2D eigenvalue weighted by Crippen LogP contribution is -2.45. The summed E-state index contributed by atoms with van der Waals surface area (Å²) >= 11 is 1.68. The maximum atomic E-state index is 12.5. The van der Waals surface area contributed by atoms with Crippen molar-refractivity contribution in [3.63, 3.8) is 0 Å². The predicted octanol–water partition coefficient (Wildman–Crippen LogP) is 4.14. The average Bonchev–Trinajstić information content (AvgIpc) is 3.45. The van der Waals surface area contributed by atoms with Gasteiger partial charge in [0.2, 0.25) is 5.91 Å². The molecule has 35 heavy (non-hydrogen) atoms. The first-order valence-corrected chi connectivity index (χ1v) is 12.5. The van der Waals surface area contributed by atoms with E-state index in [1.807, 2.05) is 60.1 Å². The fraction of sp³-hybridized carbons (Fsp3) is 0.346. The Morgan fingerprint density at radius 1 is 1.03 bits per heavy atom. The van der Waals surface area contributed by atoms with Gasteiger partial charge in [0.05, 0.1) is 36.7 Å². The second-order valence-corrected chi connectivity index (χ2v) is 9.68. The fourth-order valence-corrected chi connectivity index (χ4v) is 5.42. The van der Waals surface area contributed by atoms with Crippen LogP contribution in [0.15, 0.2) is 48.5 Å². The largest absolute Gasteiger partial charge is 0.497 e. The molecule has 0 radical (unpaired) electrons. The van der Waals surface area contributed by atoms with Gasteiger partial charge >= 0.3 is 0 Å². The van der Waals surface area contributed by atoms with Gasteiger partial charge in [-0.25, -0.2) is 4.68 Å². The zero-order chi connectivity index (χ0) is 24.4. The summed E-state index contributed by atoms with van der Waals surface area (Å²) in [7, 11) is 3.30. The minimum Gasteiger partial charge on any atom is -0.497 e. The number of fused-ring (bicyclic) bond motifs is 1. The zero-order valence-electron chi connectivity index (χ0n) is 20.2. The van der Waals surface area contributed by atoms with Crippen molar-refractivity contribution in [2.24, 2.45) is 0 Å². The van der Waals surface area contributed by atoms with Crippen molar-refractivity contribution >= 4 is 32.7 Å². The summed E-state index contributed by atoms with van der Waals surface area (Å²) in [6.45, 7) is 3.74. The number of rotatable bonds is 7. The van der Waals surface area contributed by atoms with Crippen LogP contribution in [-0.4, -0.2) is 54.0 Å². The van der Waals surface area contributed by atoms with Crippen LogP contribution in [0.5, 0.6) is 11.5 Å². The number of benzene rings is 2. The van der Waals surface area contributed by atoms with Gasteiger partial charge in [-0.2, -0.15) is 10.1 Å². The lowest BCUT2D eigenvalue weighted by molar-refractivity contribution is -0.121. The van der Waals surface area contributed by atoms with Crippen LogP contribution < -0.4 is 19.7 Å². The Morgan fingerprint density at radius 3 is 2.29 bits per heavy atom. The van der Waals surface area contributed by atoms with Crippen molar-refractivity contribution in [2.45, 2.75) is 32.2 Å². The minimum atomic E-state index is 0.0591. The quantitative estimate of drug-likeness (QED) is 0.419. The molecule has 0 aliphatic carbocycles. The first-order chi connectivity index (χ1) is 17.0. The summed E-state index contributed by atoms with van der Waals surface area (Å²) in [6.07, 6.45) is 2.17. The summed E-state index contributed by atoms with van der Waals surface area (Å²) in [6, 6.07) is 15.7. The summed E-state index contributed by atoms with van der Waals surface area (Å²) in [5.74, 6) is 1.67. The second kappa shape index (κ2) is 9.95. The molecule has 0 saturated carbocycles. The van der Waals surface area contributed by atoms with E-state index in [4.69, 9.17) is 19.6 Å². The molecule has 3 heterocycles. The number of nitrogens with one attached hydrogen (secondary N) is 1. The SMILES string of the molecule is COc1ccc(CC(=O)NC2CCN(c3nc4c(s3)c(C)nn4-c3ccc(OC)cc3)CC2)cc1. The smallest absolute Gasteiger partial charge is 0.224 e. The van der Waals surface area contributed by atoms with Gasteiger partial charge in [0, 0.05) is 19.1 Å². The number of anilines is 1. The molecule has 9 heteroatoms. The van der Waals surface area contributed by atoms with Gasteiger partial charge in [-0.1, -0.05) is 23.5 Å². The average molecular weight is 492 g/mol. The summed E-state index contributed by atoms with van der Waals surface area (Å²) < 4.78 is 13.5. The third-order valence-electron chi connectivity index (χ3n) is 6.35. The van der Waals surface area contributed by atoms with Crippen molar-refractivity contribution in [1.29, 1.82) is 0 Å². The molecule has 0 atom stereocenters. The number of piperidine rings is 1. The molecular weight excluding hydrogens is 462 g/mol. The third-order valence-corrected chi connectivity index (χ3v) is 7.56. The van der Waals surface area contributed by atoms with Crippen LogP contribution in [0, 0.1) is 6.92 Å². The number of aromatic nitrogens is 3. The van der Waals surface area contributed by atoms with Crippen molar-refractivity contribution in [2.75, 3.05) is 32.2 Å². The number of thiazole rings is 1. The molecule has 2 aromatic carbocycles. The van der Waals surface area contributed by atoms with Gasteiger partial charge in [-0.15, -0.1) is 0 Å². The van der Waals surface area contributed by atoms with Crippen molar-refractivity contribution < 1.29 is 14.3 Å². The number of aryl methyl sites for hydroxylation is 1. The van der Waals surface area contributed by atoms with Crippen molar-refractivity contribution in [3.8, 4) is 17.2 Å². The molecule has 5 rings (SSSR count). The highest BCUT2D eigenvalue weighted by Crippen LogP contribution is 2.34. The Balaban J connectivity index is 1.21. The normalized spacial score (nSPS) is 14.3. The molecule has 1 fully saturated rings. The first kappa shape index (κ1) is 23.2. The standard InChI is InChI=1S/C26H29N5O3S/c1-17-24-25(31(29-17)20-6-10-22(34-3)11-7-20)28-26(35-24)30-14-12-19(13-15-30)27-23(32)16-18-4-8-21(33-2)9-5-18/h4-11,19H,12-16H2,1-3H3,(H,27,32). The van der Waals surface area contributed by atoms with E-state index in [0.29, 0.717) is 6.42 Å². The fourth-order valence-electron chi connectivity index (χ4n) is 4.38. The summed E-state index contributed by atoms with van der Waals surface area (Å²) in [5, 5.41) is 8.91. The van der Waals surface area contributed by atoms with Gasteiger partial charge in [-0.05, 0) is 61.7 Å². The Bertz CT molecular complexity index is 1310. The predicted molar refractivity (Wildman–Crippen MR) is 138 cm³/mol. The van der Waals surface area contributed by atoms with Crippen LogP contribution in [0.2, 0.25) is 0 Å². The molecular formula is C26H29N5O3S. The Hall–Kier alpha value is -3.59. The van der Waals surface area contributed by atoms with Crippen LogP contribution in [0.3, 0.4) is 0 Å². The highest BCUT2D eigenvalue weighted by Gasteiger charge is 2.24. The molecule has 1 saturated heterocycles. The van der Waals surface area contributed by atoms with E-state index < -0.39 is 0 Å². The molecule has 8 nitrogen and oxygen atoms in total. The van der Waals surface area contributed by atoms with E-state index in [2.05, 4.69) is 10.2 Å². The number of hydrogen-bond donors (Lipinski definition) is 1. The maximum Gasteiger partial charge on any atom is 0.224 e. The Kier molecular flexibility index (Phi) is 6.59.